The van der Waals surface area contributed by atoms with Gasteiger partial charge in [0.05, 0.1) is 4.90 Å². The van der Waals surface area contributed by atoms with Gasteiger partial charge < -0.3 is 0 Å². The summed E-state index contributed by atoms with van der Waals surface area (Å²) in [6, 6.07) is 8.03. The summed E-state index contributed by atoms with van der Waals surface area (Å²) in [5.41, 5.74) is 0. The van der Waals surface area contributed by atoms with Crippen LogP contribution < -0.4 is 0 Å². The summed E-state index contributed by atoms with van der Waals surface area (Å²) in [6.45, 7) is 2.13. The van der Waals surface area contributed by atoms with Gasteiger partial charge in [0, 0.05) is 4.90 Å². The standard InChI is InChI=1S/C8H9S2/c1-2-10-8-6-4-3-5-7(8)9/h3-6H,2H2,1H3. The van der Waals surface area contributed by atoms with E-state index in [1.807, 2.05) is 18.2 Å². The van der Waals surface area contributed by atoms with Crippen molar-refractivity contribution >= 4 is 24.4 Å². The van der Waals surface area contributed by atoms with Crippen molar-refractivity contribution in [3.63, 3.8) is 0 Å². The lowest BCUT2D eigenvalue weighted by Gasteiger charge is -1.98. The van der Waals surface area contributed by atoms with Crippen molar-refractivity contribution in [1.29, 1.82) is 0 Å². The molecular weight excluding hydrogens is 160 g/mol. The van der Waals surface area contributed by atoms with Crippen molar-refractivity contribution in [2.45, 2.75) is 16.7 Å². The van der Waals surface area contributed by atoms with Crippen LogP contribution in [0.3, 0.4) is 0 Å². The monoisotopic (exact) mass is 169 g/mol. The molecule has 0 amide bonds. The Hall–Kier alpha value is -0.210. The molecule has 1 rings (SSSR count). The van der Waals surface area contributed by atoms with Crippen LogP contribution >= 0.6 is 24.4 Å². The molecule has 1 aromatic rings. The Morgan fingerprint density at radius 2 is 2.10 bits per heavy atom. The zero-order valence-electron chi connectivity index (χ0n) is 5.83. The summed E-state index contributed by atoms with van der Waals surface area (Å²) in [4.78, 5) is 2.19. The second kappa shape index (κ2) is 3.84. The Labute approximate surface area is 71.4 Å². The molecule has 10 heavy (non-hydrogen) atoms. The molecule has 0 nitrogen and oxygen atoms in total. The summed E-state index contributed by atoms with van der Waals surface area (Å²) in [5.74, 6) is 1.09. The molecule has 0 heterocycles. The van der Waals surface area contributed by atoms with E-state index in [2.05, 4.69) is 13.0 Å². The van der Waals surface area contributed by atoms with Crippen LogP contribution in [0.2, 0.25) is 0 Å². The average Bonchev–Trinajstić information content (AvgIpc) is 1.94. The maximum Gasteiger partial charge on any atom is 0.0512 e. The van der Waals surface area contributed by atoms with E-state index in [1.54, 1.807) is 11.8 Å². The number of thioether (sulfide) groups is 1. The minimum Gasteiger partial charge on any atom is -0.125 e. The van der Waals surface area contributed by atoms with Crippen molar-refractivity contribution in [2.75, 3.05) is 5.75 Å². The van der Waals surface area contributed by atoms with E-state index in [1.165, 1.54) is 4.90 Å². The SMILES string of the molecule is CCSc1ccccc1[S]. The Morgan fingerprint density at radius 3 is 2.70 bits per heavy atom. The first-order valence-electron chi connectivity index (χ1n) is 3.23. The van der Waals surface area contributed by atoms with Gasteiger partial charge in [0.1, 0.15) is 0 Å². The third-order valence-electron chi connectivity index (χ3n) is 1.15. The highest BCUT2D eigenvalue weighted by Gasteiger charge is 1.95. The van der Waals surface area contributed by atoms with Gasteiger partial charge >= 0.3 is 0 Å². The third kappa shape index (κ3) is 1.89. The molecule has 0 bridgehead atoms. The van der Waals surface area contributed by atoms with Gasteiger partial charge in [-0.15, -0.1) is 11.8 Å². The van der Waals surface area contributed by atoms with E-state index in [0.717, 1.165) is 10.6 Å². The largest absolute Gasteiger partial charge is 0.125 e. The van der Waals surface area contributed by atoms with Crippen molar-refractivity contribution in [3.05, 3.63) is 24.3 Å². The number of rotatable bonds is 2. The highest BCUT2D eigenvalue weighted by molar-refractivity contribution is 7.99. The van der Waals surface area contributed by atoms with E-state index >= 15 is 0 Å². The van der Waals surface area contributed by atoms with Crippen molar-refractivity contribution < 1.29 is 0 Å². The maximum absolute atomic E-state index is 5.10. The molecule has 0 spiro atoms. The fourth-order valence-electron chi connectivity index (χ4n) is 0.725. The van der Waals surface area contributed by atoms with Gasteiger partial charge in [-0.25, -0.2) is 0 Å². The van der Waals surface area contributed by atoms with Crippen LogP contribution in [0, 0.1) is 0 Å². The summed E-state index contributed by atoms with van der Waals surface area (Å²) < 4.78 is 0. The van der Waals surface area contributed by atoms with Crippen molar-refractivity contribution in [3.8, 4) is 0 Å². The molecule has 0 aliphatic carbocycles. The van der Waals surface area contributed by atoms with Gasteiger partial charge in [-0.1, -0.05) is 31.7 Å². The van der Waals surface area contributed by atoms with E-state index in [-0.39, 0.29) is 0 Å². The normalized spacial score (nSPS) is 9.70. The fourth-order valence-corrected chi connectivity index (χ4v) is 1.74. The van der Waals surface area contributed by atoms with Crippen LogP contribution in [0.1, 0.15) is 6.92 Å². The van der Waals surface area contributed by atoms with E-state index < -0.39 is 0 Å². The van der Waals surface area contributed by atoms with E-state index in [9.17, 15) is 0 Å². The molecule has 1 aromatic carbocycles. The predicted octanol–water partition coefficient (Wildman–Crippen LogP) is 3.36. The molecule has 0 fully saturated rings. The Kier molecular flexibility index (Phi) is 3.03. The van der Waals surface area contributed by atoms with Gasteiger partial charge in [0.2, 0.25) is 0 Å². The first kappa shape index (κ1) is 7.89. The Morgan fingerprint density at radius 1 is 1.40 bits per heavy atom. The summed E-state index contributed by atoms with van der Waals surface area (Å²) in [5, 5.41) is 0. The number of hydrogen-bond acceptors (Lipinski definition) is 1. The maximum atomic E-state index is 5.10. The van der Waals surface area contributed by atoms with Crippen LogP contribution in [-0.2, 0) is 0 Å². The molecule has 0 aliphatic rings. The lowest BCUT2D eigenvalue weighted by atomic mass is 10.4. The Balaban J connectivity index is 2.81. The fraction of sp³-hybridized carbons (Fsp3) is 0.250. The molecule has 0 saturated carbocycles. The van der Waals surface area contributed by atoms with E-state index in [4.69, 9.17) is 12.6 Å². The third-order valence-corrected chi connectivity index (χ3v) is 2.59. The van der Waals surface area contributed by atoms with Crippen LogP contribution in [0.25, 0.3) is 0 Å². The van der Waals surface area contributed by atoms with Crippen LogP contribution in [0.5, 0.6) is 0 Å². The molecule has 0 N–H and O–H groups in total. The minimum atomic E-state index is 0.967. The minimum absolute atomic E-state index is 0.967. The van der Waals surface area contributed by atoms with Gasteiger partial charge in [0.15, 0.2) is 0 Å². The van der Waals surface area contributed by atoms with Crippen LogP contribution in [0.4, 0.5) is 0 Å². The van der Waals surface area contributed by atoms with Crippen LogP contribution in [0.15, 0.2) is 34.1 Å². The van der Waals surface area contributed by atoms with Crippen LogP contribution in [-0.4, -0.2) is 5.75 Å². The second-order valence-electron chi connectivity index (χ2n) is 1.88. The molecule has 0 aliphatic heterocycles. The summed E-state index contributed by atoms with van der Waals surface area (Å²) >= 11 is 6.89. The summed E-state index contributed by atoms with van der Waals surface area (Å²) in [6.07, 6.45) is 0. The quantitative estimate of drug-likeness (QED) is 0.612. The molecular formula is C8H9S2. The van der Waals surface area contributed by atoms with Gasteiger partial charge in [0.25, 0.3) is 0 Å². The second-order valence-corrected chi connectivity index (χ2v) is 3.63. The smallest absolute Gasteiger partial charge is 0.0512 e. The molecule has 53 valence electrons. The van der Waals surface area contributed by atoms with Gasteiger partial charge in [-0.05, 0) is 17.9 Å². The number of benzene rings is 1. The van der Waals surface area contributed by atoms with Crippen molar-refractivity contribution in [2.24, 2.45) is 0 Å². The highest BCUT2D eigenvalue weighted by atomic mass is 32.2. The number of hydrogen-bond donors (Lipinski definition) is 0. The van der Waals surface area contributed by atoms with E-state index in [0.29, 0.717) is 0 Å². The van der Waals surface area contributed by atoms with Gasteiger partial charge in [-0.2, -0.15) is 0 Å². The first-order chi connectivity index (χ1) is 4.84. The Bertz CT molecular complexity index is 208. The predicted molar refractivity (Wildman–Crippen MR) is 48.7 cm³/mol. The van der Waals surface area contributed by atoms with Gasteiger partial charge in [-0.3, -0.25) is 0 Å². The first-order valence-corrected chi connectivity index (χ1v) is 4.63. The molecule has 0 atom stereocenters. The molecule has 2 heteroatoms. The zero-order chi connectivity index (χ0) is 7.40. The zero-order valence-corrected chi connectivity index (χ0v) is 7.47. The molecule has 0 aromatic heterocycles. The molecule has 0 saturated heterocycles. The molecule has 0 unspecified atom stereocenters. The average molecular weight is 169 g/mol. The molecule has 1 radical (unpaired) electrons. The highest BCUT2D eigenvalue weighted by Crippen LogP contribution is 2.24. The summed E-state index contributed by atoms with van der Waals surface area (Å²) in [7, 11) is 0. The lowest BCUT2D eigenvalue weighted by Crippen LogP contribution is -1.73. The topological polar surface area (TPSA) is 0 Å². The van der Waals surface area contributed by atoms with Crippen molar-refractivity contribution in [1.82, 2.24) is 0 Å². The lowest BCUT2D eigenvalue weighted by molar-refractivity contribution is 1.25.